The Morgan fingerprint density at radius 1 is 0.846 bits per heavy atom. The summed E-state index contributed by atoms with van der Waals surface area (Å²) in [5, 5.41) is 0. The Labute approximate surface area is 153 Å². The largest absolute Gasteiger partial charge is 0.378 e. The molecule has 0 radical (unpaired) electrons. The molecule has 0 bridgehead atoms. The first-order valence-electron chi connectivity index (χ1n) is 9.16. The predicted octanol–water partition coefficient (Wildman–Crippen LogP) is 1.05. The van der Waals surface area contributed by atoms with Gasteiger partial charge < -0.3 is 19.4 Å². The van der Waals surface area contributed by atoms with Gasteiger partial charge in [-0.25, -0.2) is 15.0 Å². The summed E-state index contributed by atoms with van der Waals surface area (Å²) in [6.07, 6.45) is 3.51. The number of hydrogen-bond donors (Lipinski definition) is 0. The summed E-state index contributed by atoms with van der Waals surface area (Å²) in [5.74, 6) is 2.85. The van der Waals surface area contributed by atoms with Crippen LogP contribution < -0.4 is 14.7 Å². The van der Waals surface area contributed by atoms with Crippen LogP contribution in [0, 0.1) is 13.8 Å². The molecule has 0 aromatic carbocycles. The first-order valence-corrected chi connectivity index (χ1v) is 9.16. The average molecular weight is 355 g/mol. The molecular weight excluding hydrogens is 330 g/mol. The number of nitrogens with zero attached hydrogens (tertiary/aromatic N) is 7. The van der Waals surface area contributed by atoms with Gasteiger partial charge in [0.2, 0.25) is 5.95 Å². The smallest absolute Gasteiger partial charge is 0.227 e. The van der Waals surface area contributed by atoms with Crippen molar-refractivity contribution >= 4 is 17.6 Å². The fraction of sp³-hybridized carbons (Fsp3) is 0.556. The molecule has 2 aliphatic heterocycles. The van der Waals surface area contributed by atoms with Crippen LogP contribution in [0.3, 0.4) is 0 Å². The van der Waals surface area contributed by atoms with Gasteiger partial charge in [-0.3, -0.25) is 0 Å². The zero-order chi connectivity index (χ0) is 17.9. The normalized spacial score (nSPS) is 18.3. The topological polar surface area (TPSA) is 70.5 Å². The van der Waals surface area contributed by atoms with Crippen LogP contribution in [0.4, 0.5) is 17.6 Å². The van der Waals surface area contributed by atoms with Crippen LogP contribution >= 0.6 is 0 Å². The van der Waals surface area contributed by atoms with Gasteiger partial charge in [0.05, 0.1) is 13.2 Å². The molecule has 0 atom stereocenters. The summed E-state index contributed by atoms with van der Waals surface area (Å²) in [4.78, 5) is 24.9. The Kier molecular flexibility index (Phi) is 4.83. The van der Waals surface area contributed by atoms with Crippen LogP contribution in [0.5, 0.6) is 0 Å². The molecule has 2 saturated heterocycles. The highest BCUT2D eigenvalue weighted by atomic mass is 16.5. The molecule has 2 aromatic heterocycles. The summed E-state index contributed by atoms with van der Waals surface area (Å²) in [7, 11) is 0. The molecule has 0 unspecified atom stereocenters. The van der Waals surface area contributed by atoms with Gasteiger partial charge in [-0.1, -0.05) is 0 Å². The van der Waals surface area contributed by atoms with Crippen molar-refractivity contribution in [2.24, 2.45) is 0 Å². The fourth-order valence-electron chi connectivity index (χ4n) is 3.42. The van der Waals surface area contributed by atoms with Crippen LogP contribution in [0.1, 0.15) is 11.3 Å². The Morgan fingerprint density at radius 2 is 1.58 bits per heavy atom. The molecule has 2 fully saturated rings. The maximum absolute atomic E-state index is 5.42. The number of piperazine rings is 1. The molecule has 138 valence electrons. The summed E-state index contributed by atoms with van der Waals surface area (Å²) in [6.45, 7) is 11.0. The molecular formula is C18H25N7O. The van der Waals surface area contributed by atoms with E-state index in [4.69, 9.17) is 9.72 Å². The number of aryl methyl sites for hydroxylation is 1. The van der Waals surface area contributed by atoms with Crippen molar-refractivity contribution in [3.05, 3.63) is 29.8 Å². The third kappa shape index (κ3) is 3.41. The Hall–Kier alpha value is -2.48. The number of ether oxygens (including phenoxy) is 1. The highest BCUT2D eigenvalue weighted by Crippen LogP contribution is 2.22. The van der Waals surface area contributed by atoms with Crippen LogP contribution in [-0.2, 0) is 4.74 Å². The van der Waals surface area contributed by atoms with Gasteiger partial charge in [-0.05, 0) is 19.9 Å². The van der Waals surface area contributed by atoms with Crippen molar-refractivity contribution in [3.63, 3.8) is 0 Å². The molecule has 0 aliphatic carbocycles. The van der Waals surface area contributed by atoms with Crippen molar-refractivity contribution in [1.29, 1.82) is 0 Å². The van der Waals surface area contributed by atoms with Gasteiger partial charge in [0.25, 0.3) is 0 Å². The number of rotatable bonds is 3. The first-order chi connectivity index (χ1) is 12.7. The number of anilines is 3. The third-order valence-electron chi connectivity index (χ3n) is 5.13. The average Bonchev–Trinajstić information content (AvgIpc) is 2.71. The predicted molar refractivity (Wildman–Crippen MR) is 101 cm³/mol. The minimum absolute atomic E-state index is 0.740. The van der Waals surface area contributed by atoms with Crippen LogP contribution in [0.2, 0.25) is 0 Å². The molecule has 4 heterocycles. The van der Waals surface area contributed by atoms with E-state index in [1.807, 2.05) is 19.2 Å². The molecule has 0 N–H and O–H groups in total. The van der Waals surface area contributed by atoms with E-state index in [0.29, 0.717) is 0 Å². The minimum Gasteiger partial charge on any atom is -0.378 e. The Bertz CT molecular complexity index is 755. The van der Waals surface area contributed by atoms with E-state index in [-0.39, 0.29) is 0 Å². The second-order valence-electron chi connectivity index (χ2n) is 6.70. The lowest BCUT2D eigenvalue weighted by Gasteiger charge is -2.37. The standard InChI is InChI=1S/C18H25N7O/c1-14-15(2)20-13-21-17(14)24-7-5-23(6-8-24)16-3-4-19-18(22-16)25-9-11-26-12-10-25/h3-4,13H,5-12H2,1-2H3. The van der Waals surface area contributed by atoms with Crippen molar-refractivity contribution in [2.75, 3.05) is 67.2 Å². The van der Waals surface area contributed by atoms with Gasteiger partial charge in [0.1, 0.15) is 18.0 Å². The van der Waals surface area contributed by atoms with Crippen molar-refractivity contribution < 1.29 is 4.74 Å². The van der Waals surface area contributed by atoms with Crippen molar-refractivity contribution in [3.8, 4) is 0 Å². The van der Waals surface area contributed by atoms with E-state index in [0.717, 1.165) is 81.3 Å². The quantitative estimate of drug-likeness (QED) is 0.809. The fourth-order valence-corrected chi connectivity index (χ4v) is 3.42. The zero-order valence-electron chi connectivity index (χ0n) is 15.4. The molecule has 2 aliphatic rings. The van der Waals surface area contributed by atoms with E-state index >= 15 is 0 Å². The second-order valence-corrected chi connectivity index (χ2v) is 6.70. The highest BCUT2D eigenvalue weighted by molar-refractivity contribution is 5.51. The summed E-state index contributed by atoms with van der Waals surface area (Å²) in [5.41, 5.74) is 2.21. The van der Waals surface area contributed by atoms with E-state index in [2.05, 4.69) is 36.6 Å². The van der Waals surface area contributed by atoms with Gasteiger partial charge in [-0.15, -0.1) is 0 Å². The van der Waals surface area contributed by atoms with Crippen molar-refractivity contribution in [1.82, 2.24) is 19.9 Å². The lowest BCUT2D eigenvalue weighted by atomic mass is 10.2. The lowest BCUT2D eigenvalue weighted by Crippen LogP contribution is -2.47. The molecule has 0 saturated carbocycles. The number of morpholine rings is 1. The maximum Gasteiger partial charge on any atom is 0.227 e. The van der Waals surface area contributed by atoms with E-state index in [1.54, 1.807) is 6.33 Å². The first kappa shape index (κ1) is 17.0. The molecule has 8 nitrogen and oxygen atoms in total. The van der Waals surface area contributed by atoms with Crippen molar-refractivity contribution in [2.45, 2.75) is 13.8 Å². The number of aromatic nitrogens is 4. The summed E-state index contributed by atoms with van der Waals surface area (Å²) < 4.78 is 5.42. The third-order valence-corrected chi connectivity index (χ3v) is 5.13. The minimum atomic E-state index is 0.740. The van der Waals surface area contributed by atoms with E-state index in [9.17, 15) is 0 Å². The van der Waals surface area contributed by atoms with E-state index in [1.165, 1.54) is 0 Å². The van der Waals surface area contributed by atoms with Gasteiger partial charge in [0, 0.05) is 56.7 Å². The molecule has 4 rings (SSSR count). The van der Waals surface area contributed by atoms with Gasteiger partial charge in [-0.2, -0.15) is 4.98 Å². The summed E-state index contributed by atoms with van der Waals surface area (Å²) >= 11 is 0. The molecule has 8 heteroatoms. The van der Waals surface area contributed by atoms with Crippen LogP contribution in [0.15, 0.2) is 18.6 Å². The summed E-state index contributed by atoms with van der Waals surface area (Å²) in [6, 6.07) is 2.00. The SMILES string of the molecule is Cc1ncnc(N2CCN(c3ccnc(N4CCOCC4)n3)CC2)c1C. The molecule has 2 aromatic rings. The maximum atomic E-state index is 5.42. The van der Waals surface area contributed by atoms with Crippen LogP contribution in [-0.4, -0.2) is 72.4 Å². The Morgan fingerprint density at radius 3 is 2.35 bits per heavy atom. The monoisotopic (exact) mass is 355 g/mol. The van der Waals surface area contributed by atoms with E-state index < -0.39 is 0 Å². The second kappa shape index (κ2) is 7.41. The van der Waals surface area contributed by atoms with Crippen LogP contribution in [0.25, 0.3) is 0 Å². The van der Waals surface area contributed by atoms with Gasteiger partial charge >= 0.3 is 0 Å². The molecule has 26 heavy (non-hydrogen) atoms. The lowest BCUT2D eigenvalue weighted by molar-refractivity contribution is 0.122. The van der Waals surface area contributed by atoms with Gasteiger partial charge in [0.15, 0.2) is 0 Å². The molecule has 0 amide bonds. The highest BCUT2D eigenvalue weighted by Gasteiger charge is 2.22. The zero-order valence-corrected chi connectivity index (χ0v) is 15.4. The number of hydrogen-bond acceptors (Lipinski definition) is 8. The molecule has 0 spiro atoms. The Balaban J connectivity index is 1.44.